The molecule has 2 unspecified atom stereocenters. The quantitative estimate of drug-likeness (QED) is 0.111. The van der Waals surface area contributed by atoms with Crippen LogP contribution in [0.1, 0.15) is 36.9 Å². The number of esters is 1. The molecule has 3 aromatic heterocycles. The molecule has 2 atom stereocenters. The fraction of sp³-hybridized carbons (Fsp3) is 0.276. The van der Waals surface area contributed by atoms with Gasteiger partial charge in [0, 0.05) is 23.8 Å². The lowest BCUT2D eigenvalue weighted by molar-refractivity contribution is -0.102. The van der Waals surface area contributed by atoms with Gasteiger partial charge in [-0.3, -0.25) is 4.57 Å². The summed E-state index contributed by atoms with van der Waals surface area (Å²) < 4.78 is 54.1. The number of pyridine rings is 1. The van der Waals surface area contributed by atoms with Crippen molar-refractivity contribution in [1.82, 2.24) is 14.5 Å². The van der Waals surface area contributed by atoms with Crippen molar-refractivity contribution >= 4 is 39.9 Å². The highest BCUT2D eigenvalue weighted by Gasteiger charge is 2.39. The fourth-order valence-corrected chi connectivity index (χ4v) is 5.29. The Morgan fingerprint density at radius 1 is 1.15 bits per heavy atom. The summed E-state index contributed by atoms with van der Waals surface area (Å²) in [5.74, 6) is -1.52. The van der Waals surface area contributed by atoms with E-state index < -0.39 is 29.7 Å². The van der Waals surface area contributed by atoms with Gasteiger partial charge < -0.3 is 9.47 Å². The molecule has 0 aliphatic carbocycles. The van der Waals surface area contributed by atoms with E-state index in [1.165, 1.54) is 20.1 Å². The highest BCUT2D eigenvalue weighted by atomic mass is 35.5. The molecular formula is C29H27ClF3N3O3S. The summed E-state index contributed by atoms with van der Waals surface area (Å²) in [6.45, 7) is 4.84. The highest BCUT2D eigenvalue weighted by Crippen LogP contribution is 2.38. The second kappa shape index (κ2) is 12.3. The van der Waals surface area contributed by atoms with Crippen molar-refractivity contribution in [2.75, 3.05) is 7.11 Å². The fourth-order valence-electron chi connectivity index (χ4n) is 4.12. The van der Waals surface area contributed by atoms with Crippen molar-refractivity contribution in [1.29, 1.82) is 0 Å². The Balaban J connectivity index is 1.67. The number of imidazole rings is 1. The summed E-state index contributed by atoms with van der Waals surface area (Å²) >= 11 is 7.14. The molecule has 0 saturated carbocycles. The largest absolute Gasteiger partial charge is 0.488 e. The number of carbonyl (C=O) groups is 1. The van der Waals surface area contributed by atoms with Crippen LogP contribution in [0, 0.1) is 5.92 Å². The summed E-state index contributed by atoms with van der Waals surface area (Å²) in [6, 6.07) is 10.9. The number of aromatic nitrogens is 3. The smallest absolute Gasteiger partial charge is 0.413 e. The molecule has 1 aromatic carbocycles. The first-order valence-corrected chi connectivity index (χ1v) is 13.6. The number of alkyl halides is 3. The topological polar surface area (TPSA) is 66.2 Å². The second-order valence-corrected chi connectivity index (χ2v) is 10.4. The van der Waals surface area contributed by atoms with Crippen molar-refractivity contribution in [2.45, 2.75) is 39.5 Å². The van der Waals surface area contributed by atoms with Gasteiger partial charge in [-0.25, -0.2) is 14.8 Å². The van der Waals surface area contributed by atoms with E-state index in [0.29, 0.717) is 22.1 Å². The van der Waals surface area contributed by atoms with Gasteiger partial charge in [-0.05, 0) is 48.7 Å². The maximum absolute atomic E-state index is 13.8. The Hall–Kier alpha value is -3.63. The van der Waals surface area contributed by atoms with Crippen LogP contribution in [0.5, 0.6) is 5.75 Å². The first kappa shape index (κ1) is 29.4. The zero-order valence-electron chi connectivity index (χ0n) is 22.2. The number of allylic oxidation sites excluding steroid dienone is 3. The number of hydrogen-bond acceptors (Lipinski definition) is 6. The normalized spacial score (nSPS) is 14.1. The Bertz CT molecular complexity index is 1580. The molecule has 0 amide bonds. The van der Waals surface area contributed by atoms with Crippen molar-refractivity contribution < 1.29 is 27.4 Å². The van der Waals surface area contributed by atoms with Crippen LogP contribution in [0.2, 0.25) is 5.15 Å². The van der Waals surface area contributed by atoms with E-state index in [9.17, 15) is 18.0 Å². The third-order valence-electron chi connectivity index (χ3n) is 6.38. The summed E-state index contributed by atoms with van der Waals surface area (Å²) in [6.07, 6.45) is 2.53. The molecule has 0 fully saturated rings. The Morgan fingerprint density at radius 3 is 2.58 bits per heavy atom. The molecule has 0 aliphatic heterocycles. The predicted molar refractivity (Wildman–Crippen MR) is 151 cm³/mol. The van der Waals surface area contributed by atoms with Gasteiger partial charge in [-0.15, -0.1) is 11.3 Å². The molecule has 0 bridgehead atoms. The van der Waals surface area contributed by atoms with Gasteiger partial charge >= 0.3 is 12.1 Å². The van der Waals surface area contributed by atoms with Gasteiger partial charge in [-0.1, -0.05) is 49.7 Å². The number of halogens is 4. The van der Waals surface area contributed by atoms with Crippen molar-refractivity contribution in [3.63, 3.8) is 0 Å². The number of benzene rings is 1. The van der Waals surface area contributed by atoms with Crippen LogP contribution < -0.4 is 4.74 Å². The van der Waals surface area contributed by atoms with Gasteiger partial charge in [0.25, 0.3) is 0 Å². The standard InChI is InChI=1S/C29H27ClF3N3O3S/c1-5-6-7-8-21(29(31,32)33)17(2)18(3)39-24-15-26(40-27(24)28(37)38-4)36-16-35-22-13-19(9-10-23(22)36)20-11-12-34-25(30)14-20/h6-18H,5H2,1-4H3/b7-6-,21-8+. The molecule has 0 spiro atoms. The monoisotopic (exact) mass is 589 g/mol. The zero-order valence-corrected chi connectivity index (χ0v) is 23.8. The Kier molecular flexibility index (Phi) is 9.00. The van der Waals surface area contributed by atoms with Crippen molar-refractivity contribution in [3.05, 3.63) is 82.8 Å². The van der Waals surface area contributed by atoms with E-state index in [1.807, 2.05) is 31.2 Å². The molecule has 3 heterocycles. The van der Waals surface area contributed by atoms with Gasteiger partial charge in [-0.2, -0.15) is 13.2 Å². The number of nitrogens with zero attached hydrogens (tertiary/aromatic N) is 3. The average molecular weight is 590 g/mol. The maximum Gasteiger partial charge on any atom is 0.413 e. The number of hydrogen-bond donors (Lipinski definition) is 0. The minimum Gasteiger partial charge on any atom is -0.488 e. The molecule has 210 valence electrons. The van der Waals surface area contributed by atoms with E-state index in [0.717, 1.165) is 34.1 Å². The lowest BCUT2D eigenvalue weighted by Gasteiger charge is -2.25. The van der Waals surface area contributed by atoms with Crippen LogP contribution >= 0.6 is 22.9 Å². The van der Waals surface area contributed by atoms with E-state index in [-0.39, 0.29) is 10.6 Å². The molecule has 0 N–H and O–H groups in total. The van der Waals surface area contributed by atoms with Crippen LogP contribution in [0.4, 0.5) is 13.2 Å². The number of carbonyl (C=O) groups excluding carboxylic acids is 1. The first-order chi connectivity index (χ1) is 19.0. The molecule has 6 nitrogen and oxygen atoms in total. The lowest BCUT2D eigenvalue weighted by Crippen LogP contribution is -2.29. The highest BCUT2D eigenvalue weighted by molar-refractivity contribution is 7.16. The molecule has 4 aromatic rings. The molecule has 11 heteroatoms. The van der Waals surface area contributed by atoms with Crippen LogP contribution in [-0.4, -0.2) is 39.9 Å². The van der Waals surface area contributed by atoms with Crippen molar-refractivity contribution in [2.24, 2.45) is 5.92 Å². The van der Waals surface area contributed by atoms with Gasteiger partial charge in [0.2, 0.25) is 0 Å². The third kappa shape index (κ3) is 6.39. The minimum absolute atomic E-state index is 0.140. The van der Waals surface area contributed by atoms with Crippen LogP contribution in [0.25, 0.3) is 27.2 Å². The minimum atomic E-state index is -4.53. The number of fused-ring (bicyclic) bond motifs is 1. The Morgan fingerprint density at radius 2 is 1.90 bits per heavy atom. The summed E-state index contributed by atoms with van der Waals surface area (Å²) in [4.78, 5) is 21.3. The van der Waals surface area contributed by atoms with E-state index in [4.69, 9.17) is 21.1 Å². The number of thiophene rings is 1. The number of methoxy groups -OCH3 is 1. The van der Waals surface area contributed by atoms with Gasteiger partial charge in [0.05, 0.1) is 18.1 Å². The lowest BCUT2D eigenvalue weighted by atomic mass is 9.94. The van der Waals surface area contributed by atoms with Crippen LogP contribution in [0.3, 0.4) is 0 Å². The second-order valence-electron chi connectivity index (χ2n) is 9.02. The summed E-state index contributed by atoms with van der Waals surface area (Å²) in [5, 5.41) is 0.971. The molecule has 40 heavy (non-hydrogen) atoms. The molecular weight excluding hydrogens is 563 g/mol. The SMILES string of the molecule is CC/C=C\C=C(/C(C)C(C)Oc1cc(-n2cnc3cc(-c4ccnc(Cl)c4)ccc32)sc1C(=O)OC)C(F)(F)F. The number of rotatable bonds is 9. The van der Waals surface area contributed by atoms with Gasteiger partial charge in [0.15, 0.2) is 4.88 Å². The molecule has 0 saturated heterocycles. The van der Waals surface area contributed by atoms with E-state index >= 15 is 0 Å². The molecule has 0 aliphatic rings. The molecule has 4 rings (SSSR count). The summed E-state index contributed by atoms with van der Waals surface area (Å²) in [5.41, 5.74) is 2.53. The van der Waals surface area contributed by atoms with Crippen LogP contribution in [0.15, 0.2) is 72.7 Å². The average Bonchev–Trinajstić information content (AvgIpc) is 3.53. The van der Waals surface area contributed by atoms with Crippen LogP contribution in [-0.2, 0) is 4.74 Å². The first-order valence-electron chi connectivity index (χ1n) is 12.5. The van der Waals surface area contributed by atoms with E-state index in [1.54, 1.807) is 42.2 Å². The zero-order chi connectivity index (χ0) is 29.0. The van der Waals surface area contributed by atoms with E-state index in [2.05, 4.69) is 9.97 Å². The van der Waals surface area contributed by atoms with Crippen molar-refractivity contribution in [3.8, 4) is 21.9 Å². The van der Waals surface area contributed by atoms with Gasteiger partial charge in [0.1, 0.15) is 28.3 Å². The predicted octanol–water partition coefficient (Wildman–Crippen LogP) is 8.45. The molecule has 0 radical (unpaired) electrons. The maximum atomic E-state index is 13.8. The Labute approximate surface area is 238 Å². The summed E-state index contributed by atoms with van der Waals surface area (Å²) in [7, 11) is 1.24. The number of ether oxygens (including phenoxy) is 2. The third-order valence-corrected chi connectivity index (χ3v) is 7.69.